The average Bonchev–Trinajstić information content (AvgIpc) is 3.38. The van der Waals surface area contributed by atoms with E-state index in [9.17, 15) is 9.90 Å². The fraction of sp³-hybridized carbons (Fsp3) is 0.560. The summed E-state index contributed by atoms with van der Waals surface area (Å²) >= 11 is 0. The van der Waals surface area contributed by atoms with Crippen LogP contribution in [0.15, 0.2) is 18.2 Å². The van der Waals surface area contributed by atoms with Crippen molar-refractivity contribution in [1.29, 1.82) is 0 Å². The van der Waals surface area contributed by atoms with Gasteiger partial charge in [0.05, 0.1) is 5.56 Å². The second kappa shape index (κ2) is 6.96. The summed E-state index contributed by atoms with van der Waals surface area (Å²) in [5.74, 6) is 0.177. The van der Waals surface area contributed by atoms with Gasteiger partial charge >= 0.3 is 5.97 Å². The summed E-state index contributed by atoms with van der Waals surface area (Å²) < 4.78 is 0. The highest BCUT2D eigenvalue weighted by molar-refractivity contribution is 6.01. The molecule has 2 fully saturated rings. The molecule has 1 N–H and O–H groups in total. The number of hydrogen-bond acceptors (Lipinski definition) is 1. The molecular formula is C25H30O2. The van der Waals surface area contributed by atoms with Gasteiger partial charge in [0.2, 0.25) is 0 Å². The summed E-state index contributed by atoms with van der Waals surface area (Å²) in [6.45, 7) is 0. The van der Waals surface area contributed by atoms with Crippen molar-refractivity contribution in [3.05, 3.63) is 46.0 Å². The molecule has 0 amide bonds. The van der Waals surface area contributed by atoms with Crippen LogP contribution in [0.2, 0.25) is 0 Å². The molecule has 0 spiro atoms. The van der Waals surface area contributed by atoms with E-state index in [2.05, 4.69) is 18.2 Å². The summed E-state index contributed by atoms with van der Waals surface area (Å²) in [7, 11) is 0. The number of benzene rings is 2. The van der Waals surface area contributed by atoms with Crippen molar-refractivity contribution < 1.29 is 9.90 Å². The summed E-state index contributed by atoms with van der Waals surface area (Å²) in [6, 6.07) is 7.05. The lowest BCUT2D eigenvalue weighted by atomic mass is 9.79. The van der Waals surface area contributed by atoms with Crippen molar-refractivity contribution in [3.63, 3.8) is 0 Å². The topological polar surface area (TPSA) is 37.3 Å². The Labute approximate surface area is 162 Å². The van der Waals surface area contributed by atoms with Gasteiger partial charge in [-0.2, -0.15) is 0 Å². The SMILES string of the molecule is O=C(O)c1c(C2CCCC2)cc2cc3c(cc2c1C1CCCC1)CCCC3. The second-order valence-corrected chi connectivity index (χ2v) is 9.07. The van der Waals surface area contributed by atoms with Crippen molar-refractivity contribution in [2.45, 2.75) is 88.9 Å². The fourth-order valence-electron chi connectivity index (χ4n) is 6.12. The van der Waals surface area contributed by atoms with Gasteiger partial charge in [-0.25, -0.2) is 4.79 Å². The third-order valence-corrected chi connectivity index (χ3v) is 7.45. The molecule has 3 aliphatic rings. The molecule has 0 aromatic heterocycles. The van der Waals surface area contributed by atoms with Crippen LogP contribution in [0.5, 0.6) is 0 Å². The zero-order valence-electron chi connectivity index (χ0n) is 16.2. The summed E-state index contributed by atoms with van der Waals surface area (Å²) in [6.07, 6.45) is 14.5. The van der Waals surface area contributed by atoms with Gasteiger partial charge < -0.3 is 5.11 Å². The van der Waals surface area contributed by atoms with E-state index >= 15 is 0 Å². The van der Waals surface area contributed by atoms with Crippen molar-refractivity contribution in [3.8, 4) is 0 Å². The molecule has 0 atom stereocenters. The van der Waals surface area contributed by atoms with E-state index in [1.54, 1.807) is 0 Å². The molecular weight excluding hydrogens is 332 g/mol. The normalized spacial score (nSPS) is 21.0. The van der Waals surface area contributed by atoms with Crippen LogP contribution in [-0.4, -0.2) is 11.1 Å². The molecule has 142 valence electrons. The molecule has 27 heavy (non-hydrogen) atoms. The molecule has 0 aliphatic heterocycles. The molecule has 5 rings (SSSR count). The first-order valence-electron chi connectivity index (χ1n) is 11.1. The summed E-state index contributed by atoms with van der Waals surface area (Å²) in [5.41, 5.74) is 5.99. The second-order valence-electron chi connectivity index (χ2n) is 9.07. The first-order chi connectivity index (χ1) is 13.2. The number of carboxylic acid groups (broad SMARTS) is 1. The first-order valence-corrected chi connectivity index (χ1v) is 11.1. The minimum Gasteiger partial charge on any atom is -0.478 e. The van der Waals surface area contributed by atoms with Crippen molar-refractivity contribution in [2.24, 2.45) is 0 Å². The lowest BCUT2D eigenvalue weighted by molar-refractivity contribution is 0.0693. The van der Waals surface area contributed by atoms with Gasteiger partial charge in [0, 0.05) is 0 Å². The number of fused-ring (bicyclic) bond motifs is 2. The van der Waals surface area contributed by atoms with Crippen LogP contribution in [0.3, 0.4) is 0 Å². The van der Waals surface area contributed by atoms with Gasteiger partial charge in [-0.05, 0) is 102 Å². The first kappa shape index (κ1) is 17.3. The molecule has 0 heterocycles. The predicted octanol–water partition coefficient (Wildman–Crippen LogP) is 6.73. The van der Waals surface area contributed by atoms with E-state index in [-0.39, 0.29) is 0 Å². The highest BCUT2D eigenvalue weighted by Gasteiger charge is 2.31. The minimum absolute atomic E-state index is 0.432. The quantitative estimate of drug-likeness (QED) is 0.657. The van der Waals surface area contributed by atoms with Crippen LogP contribution in [0.1, 0.15) is 109 Å². The highest BCUT2D eigenvalue weighted by Crippen LogP contribution is 2.46. The minimum atomic E-state index is -0.696. The molecule has 0 saturated heterocycles. The molecule has 2 aromatic carbocycles. The molecule has 3 aliphatic carbocycles. The van der Waals surface area contributed by atoms with Gasteiger partial charge in [0.15, 0.2) is 0 Å². The molecule has 0 bridgehead atoms. The van der Waals surface area contributed by atoms with E-state index in [4.69, 9.17) is 0 Å². The van der Waals surface area contributed by atoms with Crippen LogP contribution >= 0.6 is 0 Å². The standard InChI is InChI=1S/C25H30O2/c26-25(27)24-21(16-7-1-2-8-16)15-20-13-18-11-5-6-12-19(18)14-22(20)23(24)17-9-3-4-10-17/h13-17H,1-12H2,(H,26,27). The van der Waals surface area contributed by atoms with Gasteiger partial charge in [-0.15, -0.1) is 0 Å². The van der Waals surface area contributed by atoms with Crippen LogP contribution in [-0.2, 0) is 12.8 Å². The fourth-order valence-corrected chi connectivity index (χ4v) is 6.12. The summed E-state index contributed by atoms with van der Waals surface area (Å²) in [5, 5.41) is 12.8. The largest absolute Gasteiger partial charge is 0.478 e. The molecule has 2 aromatic rings. The van der Waals surface area contributed by atoms with Crippen LogP contribution in [0.4, 0.5) is 0 Å². The maximum Gasteiger partial charge on any atom is 0.336 e. The number of aromatic carboxylic acids is 1. The third kappa shape index (κ3) is 2.98. The Morgan fingerprint density at radius 1 is 0.778 bits per heavy atom. The number of carboxylic acids is 1. The van der Waals surface area contributed by atoms with E-state index in [1.165, 1.54) is 72.4 Å². The van der Waals surface area contributed by atoms with Gasteiger partial charge in [-0.1, -0.05) is 37.8 Å². The van der Waals surface area contributed by atoms with Crippen molar-refractivity contribution >= 4 is 16.7 Å². The maximum absolute atomic E-state index is 12.5. The zero-order chi connectivity index (χ0) is 18.4. The van der Waals surface area contributed by atoms with Crippen LogP contribution in [0, 0.1) is 0 Å². The Bertz CT molecular complexity index is 883. The smallest absolute Gasteiger partial charge is 0.336 e. The van der Waals surface area contributed by atoms with Gasteiger partial charge in [0.25, 0.3) is 0 Å². The lowest BCUT2D eigenvalue weighted by Crippen LogP contribution is -2.13. The number of aryl methyl sites for hydroxylation is 2. The number of rotatable bonds is 3. The van der Waals surface area contributed by atoms with E-state index in [0.29, 0.717) is 17.4 Å². The van der Waals surface area contributed by atoms with E-state index < -0.39 is 5.97 Å². The van der Waals surface area contributed by atoms with Crippen LogP contribution < -0.4 is 0 Å². The average molecular weight is 363 g/mol. The number of carbonyl (C=O) groups is 1. The molecule has 0 unspecified atom stereocenters. The van der Waals surface area contributed by atoms with Gasteiger partial charge in [0.1, 0.15) is 0 Å². The monoisotopic (exact) mass is 362 g/mol. The van der Waals surface area contributed by atoms with Gasteiger partial charge in [-0.3, -0.25) is 0 Å². The lowest BCUT2D eigenvalue weighted by Gasteiger charge is -2.25. The third-order valence-electron chi connectivity index (χ3n) is 7.45. The summed E-state index contributed by atoms with van der Waals surface area (Å²) in [4.78, 5) is 12.5. The van der Waals surface area contributed by atoms with E-state index in [0.717, 1.165) is 37.7 Å². The molecule has 0 radical (unpaired) electrons. The number of hydrogen-bond donors (Lipinski definition) is 1. The predicted molar refractivity (Wildman–Crippen MR) is 110 cm³/mol. The Kier molecular flexibility index (Phi) is 4.46. The molecule has 2 heteroatoms. The van der Waals surface area contributed by atoms with Crippen molar-refractivity contribution in [2.75, 3.05) is 0 Å². The molecule has 2 nitrogen and oxygen atoms in total. The zero-order valence-corrected chi connectivity index (χ0v) is 16.2. The Balaban J connectivity index is 1.80. The molecule has 2 saturated carbocycles. The Hall–Kier alpha value is -1.83. The van der Waals surface area contributed by atoms with Crippen molar-refractivity contribution in [1.82, 2.24) is 0 Å². The van der Waals surface area contributed by atoms with Crippen LogP contribution in [0.25, 0.3) is 10.8 Å². The van der Waals surface area contributed by atoms with E-state index in [1.807, 2.05) is 0 Å². The highest BCUT2D eigenvalue weighted by atomic mass is 16.4. The maximum atomic E-state index is 12.5. The Morgan fingerprint density at radius 2 is 1.37 bits per heavy atom. The Morgan fingerprint density at radius 3 is 2.00 bits per heavy atom.